The molecule has 1 saturated heterocycles. The van der Waals surface area contributed by atoms with E-state index in [1.807, 2.05) is 18.7 Å². The second kappa shape index (κ2) is 6.36. The number of fused-ring (bicyclic) bond motifs is 1. The van der Waals surface area contributed by atoms with Crippen LogP contribution in [0, 0.1) is 0 Å². The van der Waals surface area contributed by atoms with E-state index in [2.05, 4.69) is 15.1 Å². The number of anilines is 1. The minimum atomic E-state index is -1.18. The number of aliphatic hydroxyl groups is 3. The van der Waals surface area contributed by atoms with Gasteiger partial charge in [-0.2, -0.15) is 5.10 Å². The normalized spacial score (nSPS) is 27.7. The molecule has 0 bridgehead atoms. The summed E-state index contributed by atoms with van der Waals surface area (Å²) in [7, 11) is 0. The molecular weight excluding hydrogens is 302 g/mol. The Morgan fingerprint density at radius 2 is 1.96 bits per heavy atom. The van der Waals surface area contributed by atoms with Crippen LogP contribution in [-0.4, -0.2) is 73.1 Å². The van der Waals surface area contributed by atoms with Gasteiger partial charge in [0.05, 0.1) is 19.0 Å². The summed E-state index contributed by atoms with van der Waals surface area (Å²) in [5.74, 6) is 0.614. The molecule has 9 heteroatoms. The van der Waals surface area contributed by atoms with Gasteiger partial charge in [-0.15, -0.1) is 0 Å². The lowest BCUT2D eigenvalue weighted by Crippen LogP contribution is -2.33. The quantitative estimate of drug-likeness (QED) is 0.660. The molecule has 0 unspecified atom stereocenters. The van der Waals surface area contributed by atoms with E-state index < -0.39 is 24.5 Å². The zero-order valence-corrected chi connectivity index (χ0v) is 13.1. The monoisotopic (exact) mass is 323 g/mol. The van der Waals surface area contributed by atoms with E-state index in [1.54, 1.807) is 12.4 Å². The Balaban J connectivity index is 1.94. The summed E-state index contributed by atoms with van der Waals surface area (Å²) >= 11 is 0. The molecule has 3 heterocycles. The van der Waals surface area contributed by atoms with Crippen LogP contribution in [0.2, 0.25) is 0 Å². The summed E-state index contributed by atoms with van der Waals surface area (Å²) in [6, 6.07) is 0. The van der Waals surface area contributed by atoms with Gasteiger partial charge in [-0.05, 0) is 13.8 Å². The van der Waals surface area contributed by atoms with E-state index in [-0.39, 0.29) is 6.61 Å². The van der Waals surface area contributed by atoms with Crippen molar-refractivity contribution in [1.82, 2.24) is 19.7 Å². The topological polar surface area (TPSA) is 117 Å². The van der Waals surface area contributed by atoms with Crippen LogP contribution in [0.1, 0.15) is 20.1 Å². The first-order valence-corrected chi connectivity index (χ1v) is 7.68. The summed E-state index contributed by atoms with van der Waals surface area (Å²) in [5.41, 5.74) is 1.22. The molecule has 0 radical (unpaired) electrons. The first kappa shape index (κ1) is 16.1. The van der Waals surface area contributed by atoms with Gasteiger partial charge in [-0.1, -0.05) is 0 Å². The summed E-state index contributed by atoms with van der Waals surface area (Å²) in [5, 5.41) is 33.4. The smallest absolute Gasteiger partial charge is 0.226 e. The molecular formula is C14H21N5O4. The Kier molecular flexibility index (Phi) is 4.44. The van der Waals surface area contributed by atoms with Gasteiger partial charge in [-0.3, -0.25) is 0 Å². The summed E-state index contributed by atoms with van der Waals surface area (Å²) in [6.07, 6.45) is -0.887. The van der Waals surface area contributed by atoms with E-state index >= 15 is 0 Å². The number of ether oxygens (including phenoxy) is 1. The lowest BCUT2D eigenvalue weighted by molar-refractivity contribution is -0.0564. The van der Waals surface area contributed by atoms with Crippen LogP contribution in [0.25, 0.3) is 11.0 Å². The molecule has 2 aromatic heterocycles. The van der Waals surface area contributed by atoms with E-state index in [0.29, 0.717) is 17.0 Å². The fraction of sp³-hybridized carbons (Fsp3) is 0.643. The van der Waals surface area contributed by atoms with Crippen molar-refractivity contribution in [3.05, 3.63) is 12.4 Å². The molecule has 0 saturated carbocycles. The molecule has 23 heavy (non-hydrogen) atoms. The van der Waals surface area contributed by atoms with Gasteiger partial charge in [0.1, 0.15) is 29.3 Å². The predicted molar refractivity (Wildman–Crippen MR) is 81.9 cm³/mol. The van der Waals surface area contributed by atoms with E-state index in [1.165, 1.54) is 4.68 Å². The van der Waals surface area contributed by atoms with Crippen molar-refractivity contribution >= 4 is 17.0 Å². The second-order valence-electron chi connectivity index (χ2n) is 5.43. The Labute approximate surface area is 133 Å². The van der Waals surface area contributed by atoms with Gasteiger partial charge in [0.2, 0.25) is 5.95 Å². The van der Waals surface area contributed by atoms with Crippen LogP contribution < -0.4 is 4.90 Å². The molecule has 1 aliphatic heterocycles. The lowest BCUT2D eigenvalue weighted by atomic mass is 10.1. The lowest BCUT2D eigenvalue weighted by Gasteiger charge is -2.18. The number of aromatic nitrogens is 4. The Hall–Kier alpha value is -1.81. The fourth-order valence-electron chi connectivity index (χ4n) is 2.77. The van der Waals surface area contributed by atoms with Gasteiger partial charge >= 0.3 is 0 Å². The SMILES string of the molecule is CCN(CC)c1ncc2c(cnn2[C@@H]2O[C@H](CO)[C@@H](O)[C@@H]2O)n1. The highest BCUT2D eigenvalue weighted by Crippen LogP contribution is 2.31. The third kappa shape index (κ3) is 2.65. The molecule has 1 fully saturated rings. The first-order valence-electron chi connectivity index (χ1n) is 7.68. The molecule has 0 spiro atoms. The van der Waals surface area contributed by atoms with Crippen molar-refractivity contribution in [1.29, 1.82) is 0 Å². The molecule has 0 aliphatic carbocycles. The highest BCUT2D eigenvalue weighted by atomic mass is 16.6. The average molecular weight is 323 g/mol. The standard InChI is InChI=1S/C14H21N5O4/c1-3-18(4-2)14-15-6-9-8(17-14)5-16-19(9)13-12(22)11(21)10(7-20)23-13/h5-6,10-13,20-22H,3-4,7H2,1-2H3/t10-,11-,12+,13-/m1/s1. The van der Waals surface area contributed by atoms with Gasteiger partial charge < -0.3 is 25.0 Å². The number of hydrogen-bond acceptors (Lipinski definition) is 8. The van der Waals surface area contributed by atoms with E-state index in [9.17, 15) is 15.3 Å². The number of nitrogens with zero attached hydrogens (tertiary/aromatic N) is 5. The molecule has 2 aromatic rings. The Morgan fingerprint density at radius 1 is 1.22 bits per heavy atom. The molecule has 1 aliphatic rings. The van der Waals surface area contributed by atoms with Crippen molar-refractivity contribution in [3.63, 3.8) is 0 Å². The number of aliphatic hydroxyl groups excluding tert-OH is 3. The van der Waals surface area contributed by atoms with Crippen molar-refractivity contribution < 1.29 is 20.1 Å². The molecule has 0 amide bonds. The molecule has 3 N–H and O–H groups in total. The first-order chi connectivity index (χ1) is 11.1. The highest BCUT2D eigenvalue weighted by molar-refractivity contribution is 5.74. The molecule has 3 rings (SSSR count). The van der Waals surface area contributed by atoms with Crippen LogP contribution in [0.4, 0.5) is 5.95 Å². The van der Waals surface area contributed by atoms with Crippen molar-refractivity contribution in [2.45, 2.75) is 38.4 Å². The number of rotatable bonds is 5. The molecule has 4 atom stereocenters. The zero-order valence-electron chi connectivity index (χ0n) is 13.1. The van der Waals surface area contributed by atoms with Crippen molar-refractivity contribution in [2.75, 3.05) is 24.6 Å². The van der Waals surface area contributed by atoms with Crippen LogP contribution in [-0.2, 0) is 4.74 Å². The van der Waals surface area contributed by atoms with E-state index in [4.69, 9.17) is 4.74 Å². The van der Waals surface area contributed by atoms with Gasteiger partial charge in [0, 0.05) is 13.1 Å². The minimum absolute atomic E-state index is 0.378. The number of hydrogen-bond donors (Lipinski definition) is 3. The van der Waals surface area contributed by atoms with Gasteiger partial charge in [0.25, 0.3) is 0 Å². The minimum Gasteiger partial charge on any atom is -0.394 e. The van der Waals surface area contributed by atoms with Gasteiger partial charge in [-0.25, -0.2) is 14.6 Å². The van der Waals surface area contributed by atoms with Crippen molar-refractivity contribution in [3.8, 4) is 0 Å². The maximum Gasteiger partial charge on any atom is 0.226 e. The second-order valence-corrected chi connectivity index (χ2v) is 5.43. The average Bonchev–Trinajstić information content (AvgIpc) is 3.10. The van der Waals surface area contributed by atoms with Crippen LogP contribution in [0.3, 0.4) is 0 Å². The highest BCUT2D eigenvalue weighted by Gasteiger charge is 2.44. The molecule has 9 nitrogen and oxygen atoms in total. The summed E-state index contributed by atoms with van der Waals surface area (Å²) in [4.78, 5) is 10.8. The maximum absolute atomic E-state index is 10.1. The van der Waals surface area contributed by atoms with Crippen LogP contribution >= 0.6 is 0 Å². The largest absolute Gasteiger partial charge is 0.394 e. The Morgan fingerprint density at radius 3 is 2.57 bits per heavy atom. The third-order valence-electron chi connectivity index (χ3n) is 4.14. The fourth-order valence-corrected chi connectivity index (χ4v) is 2.77. The summed E-state index contributed by atoms with van der Waals surface area (Å²) in [6.45, 7) is 5.27. The van der Waals surface area contributed by atoms with E-state index in [0.717, 1.165) is 13.1 Å². The predicted octanol–water partition coefficient (Wildman–Crippen LogP) is -0.716. The third-order valence-corrected chi connectivity index (χ3v) is 4.14. The molecule has 126 valence electrons. The Bertz CT molecular complexity index is 674. The van der Waals surface area contributed by atoms with Crippen molar-refractivity contribution in [2.24, 2.45) is 0 Å². The molecule has 0 aromatic carbocycles. The van der Waals surface area contributed by atoms with Crippen LogP contribution in [0.15, 0.2) is 12.4 Å². The van der Waals surface area contributed by atoms with Gasteiger partial charge in [0.15, 0.2) is 6.23 Å². The summed E-state index contributed by atoms with van der Waals surface area (Å²) < 4.78 is 6.93. The maximum atomic E-state index is 10.1. The van der Waals surface area contributed by atoms with Crippen LogP contribution in [0.5, 0.6) is 0 Å². The zero-order chi connectivity index (χ0) is 16.6.